The van der Waals surface area contributed by atoms with Crippen LogP contribution in [0.2, 0.25) is 0 Å². The van der Waals surface area contributed by atoms with Gasteiger partial charge in [-0.1, -0.05) is 32.9 Å². The number of rotatable bonds is 3. The first-order valence-corrected chi connectivity index (χ1v) is 5.29. The number of aldehydes is 1. The first kappa shape index (κ1) is 12.5. The third kappa shape index (κ3) is 2.96. The number of carbonyl (C=O) groups excluding carboxylic acids is 1. The van der Waals surface area contributed by atoms with E-state index < -0.39 is 0 Å². The van der Waals surface area contributed by atoms with Crippen LogP contribution in [0.1, 0.15) is 26.3 Å². The van der Waals surface area contributed by atoms with Crippen LogP contribution in [0.15, 0.2) is 30.3 Å². The fourth-order valence-corrected chi connectivity index (χ4v) is 1.62. The summed E-state index contributed by atoms with van der Waals surface area (Å²) >= 11 is 0. The fourth-order valence-electron chi connectivity index (χ4n) is 1.62. The molecule has 2 heteroatoms. The number of hydrogen-bond acceptors (Lipinski definition) is 2. The summed E-state index contributed by atoms with van der Waals surface area (Å²) in [7, 11) is 1.64. The predicted octanol–water partition coefficient (Wildman–Crippen LogP) is 3.32. The van der Waals surface area contributed by atoms with Gasteiger partial charge >= 0.3 is 0 Å². The zero-order valence-electron chi connectivity index (χ0n) is 10.3. The number of ether oxygens (including phenoxy) is 1. The van der Waals surface area contributed by atoms with Crippen LogP contribution < -0.4 is 4.74 Å². The van der Waals surface area contributed by atoms with E-state index in [2.05, 4.69) is 20.8 Å². The molecule has 0 N–H and O–H groups in total. The highest BCUT2D eigenvalue weighted by atomic mass is 16.5. The molecular formula is C14H18O2. The molecule has 1 aromatic carbocycles. The molecule has 1 aromatic rings. The average molecular weight is 218 g/mol. The molecule has 0 atom stereocenters. The van der Waals surface area contributed by atoms with Crippen LogP contribution in [-0.4, -0.2) is 13.4 Å². The zero-order chi connectivity index (χ0) is 12.2. The van der Waals surface area contributed by atoms with Gasteiger partial charge in [0, 0.05) is 0 Å². The maximum absolute atomic E-state index is 10.7. The van der Waals surface area contributed by atoms with Gasteiger partial charge in [0.2, 0.25) is 0 Å². The molecule has 0 heterocycles. The molecule has 0 aliphatic rings. The maximum Gasteiger partial charge on any atom is 0.143 e. The number of methoxy groups -OCH3 is 1. The minimum Gasteiger partial charge on any atom is -0.497 e. The molecule has 1 rings (SSSR count). The monoisotopic (exact) mass is 218 g/mol. The first-order valence-electron chi connectivity index (χ1n) is 5.29. The molecule has 2 nitrogen and oxygen atoms in total. The lowest BCUT2D eigenvalue weighted by Crippen LogP contribution is -2.08. The summed E-state index contributed by atoms with van der Waals surface area (Å²) in [6.45, 7) is 6.27. The Hall–Kier alpha value is -1.57. The Morgan fingerprint density at radius 2 is 1.75 bits per heavy atom. The molecular weight excluding hydrogens is 200 g/mol. The Bertz CT molecular complexity index is 380. The Kier molecular flexibility index (Phi) is 3.88. The lowest BCUT2D eigenvalue weighted by molar-refractivity contribution is -0.104. The van der Waals surface area contributed by atoms with E-state index in [1.807, 2.05) is 24.3 Å². The van der Waals surface area contributed by atoms with Crippen LogP contribution in [0.3, 0.4) is 0 Å². The number of benzene rings is 1. The molecule has 0 fully saturated rings. The molecule has 0 unspecified atom stereocenters. The average Bonchev–Trinajstić information content (AvgIpc) is 2.25. The van der Waals surface area contributed by atoms with Crippen LogP contribution in [0, 0.1) is 5.41 Å². The molecule has 0 bridgehead atoms. The zero-order valence-corrected chi connectivity index (χ0v) is 10.3. The fraction of sp³-hybridized carbons (Fsp3) is 0.357. The van der Waals surface area contributed by atoms with Crippen molar-refractivity contribution in [2.75, 3.05) is 7.11 Å². The number of allylic oxidation sites excluding steroid dienone is 2. The number of hydrogen-bond donors (Lipinski definition) is 0. The summed E-state index contributed by atoms with van der Waals surface area (Å²) in [5.74, 6) is 0.822. The van der Waals surface area contributed by atoms with E-state index in [9.17, 15) is 4.79 Å². The van der Waals surface area contributed by atoms with Gasteiger partial charge in [0.25, 0.3) is 0 Å². The topological polar surface area (TPSA) is 26.3 Å². The molecule has 0 amide bonds. The SMILES string of the molecule is COc1ccc(/C(=C\C=O)C(C)(C)C)cc1. The van der Waals surface area contributed by atoms with Gasteiger partial charge in [-0.2, -0.15) is 0 Å². The summed E-state index contributed by atoms with van der Waals surface area (Å²) in [6.07, 6.45) is 2.46. The van der Waals surface area contributed by atoms with Gasteiger partial charge in [0.1, 0.15) is 12.0 Å². The van der Waals surface area contributed by atoms with Crippen LogP contribution >= 0.6 is 0 Å². The van der Waals surface area contributed by atoms with Gasteiger partial charge in [-0.05, 0) is 34.8 Å². The Balaban J connectivity index is 3.13. The highest BCUT2D eigenvalue weighted by Gasteiger charge is 2.18. The summed E-state index contributed by atoms with van der Waals surface area (Å²) in [5, 5.41) is 0. The summed E-state index contributed by atoms with van der Waals surface area (Å²) in [4.78, 5) is 10.7. The van der Waals surface area contributed by atoms with E-state index in [4.69, 9.17) is 4.74 Å². The van der Waals surface area contributed by atoms with Gasteiger partial charge in [-0.15, -0.1) is 0 Å². The van der Waals surface area contributed by atoms with Crippen molar-refractivity contribution in [2.24, 2.45) is 5.41 Å². The smallest absolute Gasteiger partial charge is 0.143 e. The quantitative estimate of drug-likeness (QED) is 0.574. The van der Waals surface area contributed by atoms with E-state index >= 15 is 0 Å². The van der Waals surface area contributed by atoms with E-state index in [0.717, 1.165) is 23.2 Å². The summed E-state index contributed by atoms with van der Waals surface area (Å²) < 4.78 is 5.11. The van der Waals surface area contributed by atoms with Crippen molar-refractivity contribution in [2.45, 2.75) is 20.8 Å². The molecule has 0 spiro atoms. The van der Waals surface area contributed by atoms with Crippen molar-refractivity contribution in [3.05, 3.63) is 35.9 Å². The van der Waals surface area contributed by atoms with Crippen molar-refractivity contribution in [1.82, 2.24) is 0 Å². The largest absolute Gasteiger partial charge is 0.497 e. The van der Waals surface area contributed by atoms with Gasteiger partial charge in [-0.25, -0.2) is 0 Å². The van der Waals surface area contributed by atoms with Crippen LogP contribution in [0.4, 0.5) is 0 Å². The summed E-state index contributed by atoms with van der Waals surface area (Å²) in [5.41, 5.74) is 2.04. The van der Waals surface area contributed by atoms with E-state index in [-0.39, 0.29) is 5.41 Å². The predicted molar refractivity (Wildman–Crippen MR) is 66.5 cm³/mol. The molecule has 0 aliphatic carbocycles. The standard InChI is InChI=1S/C14H18O2/c1-14(2,3)13(9-10-15)11-5-7-12(16-4)8-6-11/h5-10H,1-4H3/b13-9+. The molecule has 0 aliphatic heterocycles. The Labute approximate surface area is 96.9 Å². The van der Waals surface area contributed by atoms with Crippen LogP contribution in [0.25, 0.3) is 5.57 Å². The van der Waals surface area contributed by atoms with E-state index in [0.29, 0.717) is 0 Å². The third-order valence-corrected chi connectivity index (χ3v) is 2.44. The highest BCUT2D eigenvalue weighted by molar-refractivity contribution is 5.83. The molecule has 16 heavy (non-hydrogen) atoms. The third-order valence-electron chi connectivity index (χ3n) is 2.44. The highest BCUT2D eigenvalue weighted by Crippen LogP contribution is 2.34. The minimum absolute atomic E-state index is 0.0461. The van der Waals surface area contributed by atoms with Crippen molar-refractivity contribution < 1.29 is 9.53 Å². The second-order valence-electron chi connectivity index (χ2n) is 4.69. The first-order chi connectivity index (χ1) is 7.49. The van der Waals surface area contributed by atoms with Crippen molar-refractivity contribution in [1.29, 1.82) is 0 Å². The van der Waals surface area contributed by atoms with Crippen LogP contribution in [0.5, 0.6) is 5.75 Å². The number of carbonyl (C=O) groups is 1. The maximum atomic E-state index is 10.7. The molecule has 0 saturated heterocycles. The molecule has 0 aromatic heterocycles. The summed E-state index contributed by atoms with van der Waals surface area (Å²) in [6, 6.07) is 7.75. The van der Waals surface area contributed by atoms with Crippen LogP contribution in [-0.2, 0) is 4.79 Å². The van der Waals surface area contributed by atoms with E-state index in [1.165, 1.54) is 0 Å². The molecule has 0 radical (unpaired) electrons. The second-order valence-corrected chi connectivity index (χ2v) is 4.69. The lowest BCUT2D eigenvalue weighted by atomic mass is 9.82. The van der Waals surface area contributed by atoms with Crippen molar-refractivity contribution in [3.8, 4) is 5.75 Å². The minimum atomic E-state index is -0.0461. The Morgan fingerprint density at radius 1 is 1.19 bits per heavy atom. The lowest BCUT2D eigenvalue weighted by Gasteiger charge is -2.23. The van der Waals surface area contributed by atoms with Crippen molar-refractivity contribution >= 4 is 11.9 Å². The normalized spacial score (nSPS) is 12.4. The molecule has 86 valence electrons. The van der Waals surface area contributed by atoms with E-state index in [1.54, 1.807) is 13.2 Å². The molecule has 0 saturated carbocycles. The van der Waals surface area contributed by atoms with Gasteiger partial charge in [0.15, 0.2) is 0 Å². The van der Waals surface area contributed by atoms with Gasteiger partial charge in [-0.3, -0.25) is 4.79 Å². The van der Waals surface area contributed by atoms with Crippen molar-refractivity contribution in [3.63, 3.8) is 0 Å². The van der Waals surface area contributed by atoms with Gasteiger partial charge < -0.3 is 4.74 Å². The van der Waals surface area contributed by atoms with Gasteiger partial charge in [0.05, 0.1) is 7.11 Å². The second kappa shape index (κ2) is 4.97. The Morgan fingerprint density at radius 3 is 2.12 bits per heavy atom.